The molecular weight excluding hydrogens is 334 g/mol. The maximum absolute atomic E-state index is 10.5. The van der Waals surface area contributed by atoms with Crippen molar-refractivity contribution >= 4 is 0 Å². The molecule has 3 heteroatoms. The summed E-state index contributed by atoms with van der Waals surface area (Å²) in [6, 6.07) is 11.7. The van der Waals surface area contributed by atoms with Crippen molar-refractivity contribution in [3.63, 3.8) is 0 Å². The third-order valence-corrected chi connectivity index (χ3v) is 5.72. The molecule has 0 saturated heterocycles. The molecule has 0 spiro atoms. The van der Waals surface area contributed by atoms with Gasteiger partial charge in [0.25, 0.3) is 0 Å². The number of rotatable bonds is 10. The number of phenolic OH excluding ortho intramolecular Hbond substituents is 1. The van der Waals surface area contributed by atoms with Crippen LogP contribution in [0.2, 0.25) is 0 Å². The van der Waals surface area contributed by atoms with E-state index in [1.807, 2.05) is 30.5 Å². The maximum Gasteiger partial charge on any atom is 0.119 e. The van der Waals surface area contributed by atoms with Crippen LogP contribution in [0.4, 0.5) is 0 Å². The fourth-order valence-electron chi connectivity index (χ4n) is 4.15. The summed E-state index contributed by atoms with van der Waals surface area (Å²) < 4.78 is 0. The van der Waals surface area contributed by atoms with Gasteiger partial charge in [-0.1, -0.05) is 58.4 Å². The third-order valence-electron chi connectivity index (χ3n) is 5.72. The highest BCUT2D eigenvalue weighted by atomic mass is 16.3. The van der Waals surface area contributed by atoms with Gasteiger partial charge in [0, 0.05) is 19.0 Å². The SMILES string of the molecule is CC(C)CCC(c1ccccc1O)C(CO)C(Cc1cccnc1)C(C)C. The van der Waals surface area contributed by atoms with Gasteiger partial charge in [-0.3, -0.25) is 4.98 Å². The van der Waals surface area contributed by atoms with Crippen LogP contribution in [0.25, 0.3) is 0 Å². The van der Waals surface area contributed by atoms with Crippen LogP contribution >= 0.6 is 0 Å². The lowest BCUT2D eigenvalue weighted by atomic mass is 9.69. The van der Waals surface area contributed by atoms with E-state index in [1.54, 1.807) is 12.3 Å². The Morgan fingerprint density at radius 2 is 1.67 bits per heavy atom. The van der Waals surface area contributed by atoms with E-state index in [-0.39, 0.29) is 18.4 Å². The Morgan fingerprint density at radius 3 is 2.22 bits per heavy atom. The molecule has 1 heterocycles. The van der Waals surface area contributed by atoms with E-state index in [2.05, 4.69) is 38.7 Å². The Bertz CT molecular complexity index is 669. The molecule has 0 aliphatic rings. The minimum atomic E-state index is 0.0947. The van der Waals surface area contributed by atoms with E-state index in [9.17, 15) is 10.2 Å². The number of benzene rings is 1. The first kappa shape index (κ1) is 21.4. The van der Waals surface area contributed by atoms with Crippen LogP contribution in [0.15, 0.2) is 48.8 Å². The minimum absolute atomic E-state index is 0.0947. The highest BCUT2D eigenvalue weighted by molar-refractivity contribution is 5.35. The van der Waals surface area contributed by atoms with Crippen LogP contribution in [0.5, 0.6) is 5.75 Å². The summed E-state index contributed by atoms with van der Waals surface area (Å²) in [6.07, 6.45) is 6.66. The quantitative estimate of drug-likeness (QED) is 0.587. The van der Waals surface area contributed by atoms with E-state index in [0.29, 0.717) is 23.5 Å². The number of para-hydroxylation sites is 1. The number of phenols is 1. The number of aromatic nitrogens is 1. The van der Waals surface area contributed by atoms with Gasteiger partial charge in [-0.05, 0) is 65.7 Å². The second-order valence-electron chi connectivity index (χ2n) is 8.46. The molecule has 3 unspecified atom stereocenters. The monoisotopic (exact) mass is 369 g/mol. The number of hydrogen-bond acceptors (Lipinski definition) is 3. The summed E-state index contributed by atoms with van der Waals surface area (Å²) >= 11 is 0. The molecule has 27 heavy (non-hydrogen) atoms. The lowest BCUT2D eigenvalue weighted by molar-refractivity contribution is 0.115. The number of nitrogens with zero attached hydrogens (tertiary/aromatic N) is 1. The molecule has 1 aromatic carbocycles. The molecule has 0 bridgehead atoms. The third kappa shape index (κ3) is 6.07. The lowest BCUT2D eigenvalue weighted by Crippen LogP contribution is -2.31. The van der Waals surface area contributed by atoms with Gasteiger partial charge >= 0.3 is 0 Å². The van der Waals surface area contributed by atoms with E-state index in [4.69, 9.17) is 0 Å². The zero-order valence-electron chi connectivity index (χ0n) is 17.2. The van der Waals surface area contributed by atoms with Crippen LogP contribution in [-0.4, -0.2) is 21.8 Å². The first-order chi connectivity index (χ1) is 12.9. The molecule has 0 aliphatic carbocycles. The van der Waals surface area contributed by atoms with Gasteiger partial charge in [0.15, 0.2) is 0 Å². The van der Waals surface area contributed by atoms with Crippen LogP contribution in [0, 0.1) is 23.7 Å². The number of aromatic hydroxyl groups is 1. The Hall–Kier alpha value is -1.87. The zero-order chi connectivity index (χ0) is 19.8. The van der Waals surface area contributed by atoms with Crippen molar-refractivity contribution in [1.82, 2.24) is 4.98 Å². The zero-order valence-corrected chi connectivity index (χ0v) is 17.2. The van der Waals surface area contributed by atoms with Gasteiger partial charge in [-0.25, -0.2) is 0 Å². The lowest BCUT2D eigenvalue weighted by Gasteiger charge is -2.36. The van der Waals surface area contributed by atoms with Crippen molar-refractivity contribution in [2.45, 2.75) is 52.9 Å². The van der Waals surface area contributed by atoms with Gasteiger partial charge in [0.1, 0.15) is 5.75 Å². The van der Waals surface area contributed by atoms with Gasteiger partial charge < -0.3 is 10.2 Å². The average molecular weight is 370 g/mol. The summed E-state index contributed by atoms with van der Waals surface area (Å²) in [5.74, 6) is 1.91. The molecule has 1 aromatic heterocycles. The van der Waals surface area contributed by atoms with Crippen molar-refractivity contribution in [3.8, 4) is 5.75 Å². The number of hydrogen-bond donors (Lipinski definition) is 2. The van der Waals surface area contributed by atoms with Gasteiger partial charge in [0.05, 0.1) is 0 Å². The first-order valence-electron chi connectivity index (χ1n) is 10.2. The van der Waals surface area contributed by atoms with E-state index in [1.165, 1.54) is 5.56 Å². The van der Waals surface area contributed by atoms with Crippen LogP contribution in [0.1, 0.15) is 57.6 Å². The molecule has 2 aromatic rings. The summed E-state index contributed by atoms with van der Waals surface area (Å²) in [5.41, 5.74) is 2.17. The van der Waals surface area contributed by atoms with Crippen LogP contribution in [-0.2, 0) is 6.42 Å². The largest absolute Gasteiger partial charge is 0.508 e. The number of aliphatic hydroxyl groups is 1. The molecule has 0 radical (unpaired) electrons. The molecule has 0 aliphatic heterocycles. The van der Waals surface area contributed by atoms with Crippen molar-refractivity contribution in [2.75, 3.05) is 6.61 Å². The van der Waals surface area contributed by atoms with Crippen LogP contribution in [0.3, 0.4) is 0 Å². The second-order valence-corrected chi connectivity index (χ2v) is 8.46. The molecule has 3 atom stereocenters. The summed E-state index contributed by atoms with van der Waals surface area (Å²) in [6.45, 7) is 9.04. The van der Waals surface area contributed by atoms with E-state index < -0.39 is 0 Å². The Labute approximate surface area is 164 Å². The summed E-state index contributed by atoms with van der Waals surface area (Å²) in [4.78, 5) is 4.26. The second kappa shape index (κ2) is 10.5. The molecule has 0 saturated carbocycles. The Balaban J connectivity index is 2.36. The first-order valence-corrected chi connectivity index (χ1v) is 10.2. The molecule has 148 valence electrons. The topological polar surface area (TPSA) is 53.4 Å². The predicted molar refractivity (Wildman–Crippen MR) is 112 cm³/mol. The minimum Gasteiger partial charge on any atom is -0.508 e. The van der Waals surface area contributed by atoms with Crippen molar-refractivity contribution in [3.05, 3.63) is 59.9 Å². The van der Waals surface area contributed by atoms with Crippen molar-refractivity contribution < 1.29 is 10.2 Å². The highest BCUT2D eigenvalue weighted by Gasteiger charge is 2.33. The maximum atomic E-state index is 10.5. The average Bonchev–Trinajstić information content (AvgIpc) is 2.65. The molecule has 2 N–H and O–H groups in total. The van der Waals surface area contributed by atoms with Crippen molar-refractivity contribution in [1.29, 1.82) is 0 Å². The molecule has 0 amide bonds. The highest BCUT2D eigenvalue weighted by Crippen LogP contribution is 2.42. The fraction of sp³-hybridized carbons (Fsp3) is 0.542. The predicted octanol–water partition coefficient (Wildman–Crippen LogP) is 5.43. The van der Waals surface area contributed by atoms with Gasteiger partial charge in [0.2, 0.25) is 0 Å². The van der Waals surface area contributed by atoms with Crippen molar-refractivity contribution in [2.24, 2.45) is 23.7 Å². The summed E-state index contributed by atoms with van der Waals surface area (Å²) in [7, 11) is 0. The molecular formula is C24H35NO2. The molecule has 0 fully saturated rings. The normalized spacial score (nSPS) is 15.1. The Kier molecular flexibility index (Phi) is 8.30. The summed E-state index contributed by atoms with van der Waals surface area (Å²) in [5, 5.41) is 20.9. The molecule has 2 rings (SSSR count). The van der Waals surface area contributed by atoms with E-state index in [0.717, 1.165) is 24.8 Å². The molecule has 3 nitrogen and oxygen atoms in total. The van der Waals surface area contributed by atoms with Gasteiger partial charge in [-0.15, -0.1) is 0 Å². The van der Waals surface area contributed by atoms with E-state index >= 15 is 0 Å². The standard InChI is InChI=1S/C24H35NO2/c1-17(2)11-12-20(21-9-5-6-10-24(21)27)23(16-26)22(18(3)4)14-19-8-7-13-25-15-19/h5-10,13,15,17-18,20,22-23,26-27H,11-12,14,16H2,1-4H3. The van der Waals surface area contributed by atoms with Gasteiger partial charge in [-0.2, -0.15) is 0 Å². The number of pyridine rings is 1. The fourth-order valence-corrected chi connectivity index (χ4v) is 4.15. The Morgan fingerprint density at radius 1 is 0.926 bits per heavy atom. The number of aliphatic hydroxyl groups excluding tert-OH is 1. The van der Waals surface area contributed by atoms with Crippen LogP contribution < -0.4 is 0 Å². The smallest absolute Gasteiger partial charge is 0.119 e.